The molecule has 2 aliphatic rings. The molecule has 1 aliphatic carbocycles. The smallest absolute Gasteiger partial charge is 0.260 e. The zero-order valence-electron chi connectivity index (χ0n) is 21.0. The summed E-state index contributed by atoms with van der Waals surface area (Å²) in [6.07, 6.45) is 15.9. The van der Waals surface area contributed by atoms with E-state index in [9.17, 15) is 8.78 Å². The van der Waals surface area contributed by atoms with Crippen LogP contribution in [0.3, 0.4) is 0 Å². The van der Waals surface area contributed by atoms with Gasteiger partial charge in [0.15, 0.2) is 5.82 Å². The lowest BCUT2D eigenvalue weighted by Crippen LogP contribution is -2.49. The lowest BCUT2D eigenvalue weighted by Gasteiger charge is -2.41. The Bertz CT molecular complexity index is 1360. The van der Waals surface area contributed by atoms with Gasteiger partial charge < -0.3 is 0 Å². The lowest BCUT2D eigenvalue weighted by molar-refractivity contribution is -0.0803. The molecule has 4 heterocycles. The van der Waals surface area contributed by atoms with Gasteiger partial charge in [-0.2, -0.15) is 10.2 Å². The molecule has 6 rings (SSSR count). The Balaban J connectivity index is 1.15. The summed E-state index contributed by atoms with van der Waals surface area (Å²) in [5, 5.41) is 8.89. The predicted octanol–water partition coefficient (Wildman–Crippen LogP) is 5.62. The molecule has 192 valence electrons. The van der Waals surface area contributed by atoms with Crippen LogP contribution in [0.1, 0.15) is 44.6 Å². The molecule has 2 fully saturated rings. The Morgan fingerprint density at radius 2 is 1.59 bits per heavy atom. The van der Waals surface area contributed by atoms with Crippen molar-refractivity contribution in [2.45, 2.75) is 56.5 Å². The van der Waals surface area contributed by atoms with Crippen molar-refractivity contribution < 1.29 is 8.78 Å². The quantitative estimate of drug-likeness (QED) is 0.354. The first-order valence-electron chi connectivity index (χ1n) is 13.0. The predicted molar refractivity (Wildman–Crippen MR) is 138 cm³/mol. The summed E-state index contributed by atoms with van der Waals surface area (Å²) in [4.78, 5) is 11.3. The summed E-state index contributed by atoms with van der Waals surface area (Å²) in [6.45, 7) is 0.662. The van der Waals surface area contributed by atoms with Crippen LogP contribution in [0.15, 0.2) is 61.4 Å². The summed E-state index contributed by atoms with van der Waals surface area (Å²) in [7, 11) is 1.90. The molecule has 0 bridgehead atoms. The standard InChI is InChI=1S/C28H31F2N7/c1-35-17-23(15-33-35)20-5-2-6-21(11-20)27-31-13-22(14-32-27)24-16-34-37(18-24)26-8-3-7-25(12-26)36-10-4-9-28(29,30)19-36/h2,5-6,11,13-18,25-26H,3-4,7-10,12,19H2,1H3/t25-,26?/m1/s1. The molecule has 7 nitrogen and oxygen atoms in total. The van der Waals surface area contributed by atoms with Gasteiger partial charge in [-0.15, -0.1) is 0 Å². The Labute approximate surface area is 215 Å². The van der Waals surface area contributed by atoms with Crippen LogP contribution >= 0.6 is 0 Å². The van der Waals surface area contributed by atoms with E-state index in [1.165, 1.54) is 0 Å². The van der Waals surface area contributed by atoms with Crippen LogP contribution in [0.2, 0.25) is 0 Å². The van der Waals surface area contributed by atoms with E-state index in [1.54, 1.807) is 4.68 Å². The molecule has 0 N–H and O–H groups in total. The molecule has 1 unspecified atom stereocenters. The highest BCUT2D eigenvalue weighted by atomic mass is 19.3. The highest BCUT2D eigenvalue weighted by Crippen LogP contribution is 2.36. The van der Waals surface area contributed by atoms with Crippen molar-refractivity contribution in [2.24, 2.45) is 7.05 Å². The van der Waals surface area contributed by atoms with Gasteiger partial charge in [0.1, 0.15) is 0 Å². The zero-order chi connectivity index (χ0) is 25.4. The highest BCUT2D eigenvalue weighted by Gasteiger charge is 2.39. The molecule has 37 heavy (non-hydrogen) atoms. The van der Waals surface area contributed by atoms with Gasteiger partial charge in [0.05, 0.1) is 25.0 Å². The largest absolute Gasteiger partial charge is 0.294 e. The van der Waals surface area contributed by atoms with Crippen molar-refractivity contribution in [2.75, 3.05) is 13.1 Å². The van der Waals surface area contributed by atoms with Gasteiger partial charge in [-0.05, 0) is 50.3 Å². The van der Waals surface area contributed by atoms with E-state index in [-0.39, 0.29) is 25.0 Å². The van der Waals surface area contributed by atoms with Crippen molar-refractivity contribution in [1.82, 2.24) is 34.4 Å². The average Bonchev–Trinajstić information content (AvgIpc) is 3.58. The maximum atomic E-state index is 14.0. The maximum absolute atomic E-state index is 14.0. The number of aryl methyl sites for hydroxylation is 1. The van der Waals surface area contributed by atoms with E-state index < -0.39 is 5.92 Å². The van der Waals surface area contributed by atoms with Gasteiger partial charge in [0.2, 0.25) is 0 Å². The molecule has 1 saturated carbocycles. The van der Waals surface area contributed by atoms with Gasteiger partial charge in [-0.3, -0.25) is 14.3 Å². The van der Waals surface area contributed by atoms with Crippen molar-refractivity contribution in [3.63, 3.8) is 0 Å². The van der Waals surface area contributed by atoms with Crippen LogP contribution in [-0.4, -0.2) is 59.5 Å². The van der Waals surface area contributed by atoms with Crippen LogP contribution in [0, 0.1) is 0 Å². The highest BCUT2D eigenvalue weighted by molar-refractivity contribution is 5.70. The van der Waals surface area contributed by atoms with Gasteiger partial charge in [0.25, 0.3) is 5.92 Å². The van der Waals surface area contributed by atoms with E-state index in [1.807, 2.05) is 65.9 Å². The number of nitrogens with zero attached hydrogens (tertiary/aromatic N) is 7. The minimum atomic E-state index is -2.56. The monoisotopic (exact) mass is 503 g/mol. The fraction of sp³-hybridized carbons (Fsp3) is 0.429. The van der Waals surface area contributed by atoms with E-state index in [0.29, 0.717) is 12.2 Å². The van der Waals surface area contributed by atoms with Gasteiger partial charge in [-0.1, -0.05) is 18.2 Å². The van der Waals surface area contributed by atoms with Gasteiger partial charge >= 0.3 is 0 Å². The first-order chi connectivity index (χ1) is 17.9. The Kier molecular flexibility index (Phi) is 6.32. The third-order valence-electron chi connectivity index (χ3n) is 7.68. The van der Waals surface area contributed by atoms with Crippen molar-refractivity contribution in [1.29, 1.82) is 0 Å². The number of aromatic nitrogens is 6. The molecular formula is C28H31F2N7. The third kappa shape index (κ3) is 5.18. The maximum Gasteiger partial charge on any atom is 0.260 e. The number of piperidine rings is 1. The van der Waals surface area contributed by atoms with Crippen LogP contribution in [0.5, 0.6) is 0 Å². The summed E-state index contributed by atoms with van der Waals surface area (Å²) in [5.41, 5.74) is 4.93. The SMILES string of the molecule is Cn1cc(-c2cccc(-c3ncc(-c4cnn(C5CCC[C@@H](N6CCCC(F)(F)C6)C5)c4)cn3)c2)cn1. The topological polar surface area (TPSA) is 64.7 Å². The Morgan fingerprint density at radius 3 is 2.38 bits per heavy atom. The molecule has 0 amide bonds. The van der Waals surface area contributed by atoms with E-state index in [2.05, 4.69) is 32.3 Å². The minimum absolute atomic E-state index is 0.0129. The van der Waals surface area contributed by atoms with Crippen molar-refractivity contribution >= 4 is 0 Å². The molecule has 4 aromatic rings. The van der Waals surface area contributed by atoms with Crippen molar-refractivity contribution in [3.8, 4) is 33.6 Å². The Hall–Kier alpha value is -3.46. The normalized spacial score (nSPS) is 22.2. The molecular weight excluding hydrogens is 472 g/mol. The summed E-state index contributed by atoms with van der Waals surface area (Å²) < 4.78 is 31.8. The summed E-state index contributed by atoms with van der Waals surface area (Å²) in [5.74, 6) is -1.90. The van der Waals surface area contributed by atoms with Crippen molar-refractivity contribution in [3.05, 3.63) is 61.4 Å². The van der Waals surface area contributed by atoms with Crippen LogP contribution < -0.4 is 0 Å². The molecule has 1 aromatic carbocycles. The van der Waals surface area contributed by atoms with E-state index in [0.717, 1.165) is 60.0 Å². The molecule has 3 aromatic heterocycles. The van der Waals surface area contributed by atoms with Gasteiger partial charge in [0, 0.05) is 66.6 Å². The van der Waals surface area contributed by atoms with Gasteiger partial charge in [-0.25, -0.2) is 18.7 Å². The van der Waals surface area contributed by atoms with Crippen LogP contribution in [0.25, 0.3) is 33.6 Å². The second-order valence-electron chi connectivity index (χ2n) is 10.4. The number of benzene rings is 1. The Morgan fingerprint density at radius 1 is 0.838 bits per heavy atom. The van der Waals surface area contributed by atoms with E-state index in [4.69, 9.17) is 0 Å². The molecule has 9 heteroatoms. The second-order valence-corrected chi connectivity index (χ2v) is 10.4. The summed E-state index contributed by atoms with van der Waals surface area (Å²) >= 11 is 0. The average molecular weight is 504 g/mol. The van der Waals surface area contributed by atoms with Crippen LogP contribution in [0.4, 0.5) is 8.78 Å². The number of likely N-dealkylation sites (tertiary alicyclic amines) is 1. The molecule has 1 aliphatic heterocycles. The zero-order valence-corrected chi connectivity index (χ0v) is 21.0. The number of rotatable bonds is 5. The number of alkyl halides is 2. The third-order valence-corrected chi connectivity index (χ3v) is 7.68. The number of hydrogen-bond donors (Lipinski definition) is 0. The number of halogens is 2. The second kappa shape index (κ2) is 9.78. The lowest BCUT2D eigenvalue weighted by atomic mass is 9.88. The molecule has 1 saturated heterocycles. The molecule has 0 radical (unpaired) electrons. The number of hydrogen-bond acceptors (Lipinski definition) is 5. The van der Waals surface area contributed by atoms with E-state index >= 15 is 0 Å². The van der Waals surface area contributed by atoms with Crippen LogP contribution in [-0.2, 0) is 7.05 Å². The fourth-order valence-electron chi connectivity index (χ4n) is 5.74. The summed E-state index contributed by atoms with van der Waals surface area (Å²) in [6, 6.07) is 8.55. The first kappa shape index (κ1) is 23.9. The minimum Gasteiger partial charge on any atom is -0.294 e. The molecule has 0 spiro atoms. The molecule has 2 atom stereocenters. The first-order valence-corrected chi connectivity index (χ1v) is 13.0. The fourth-order valence-corrected chi connectivity index (χ4v) is 5.74.